The number of nitrogens with zero attached hydrogens (tertiary/aromatic N) is 1. The predicted molar refractivity (Wildman–Crippen MR) is 79.6 cm³/mol. The van der Waals surface area contributed by atoms with E-state index in [1.54, 1.807) is 4.90 Å². The summed E-state index contributed by atoms with van der Waals surface area (Å²) in [5.74, 6) is 0.284. The third-order valence-corrected chi connectivity index (χ3v) is 3.98. The van der Waals surface area contributed by atoms with Crippen LogP contribution in [0.1, 0.15) is 24.5 Å². The highest BCUT2D eigenvalue weighted by Crippen LogP contribution is 2.16. The van der Waals surface area contributed by atoms with Crippen molar-refractivity contribution in [1.82, 2.24) is 10.2 Å². The zero-order valence-electron chi connectivity index (χ0n) is 12.3. The second-order valence-corrected chi connectivity index (χ2v) is 5.75. The normalized spacial score (nSPS) is 22.6. The molecule has 0 spiro atoms. The van der Waals surface area contributed by atoms with Gasteiger partial charge in [0.05, 0.1) is 6.10 Å². The van der Waals surface area contributed by atoms with E-state index in [4.69, 9.17) is 0 Å². The number of aryl methyl sites for hydroxylation is 1. The largest absolute Gasteiger partial charge is 0.391 e. The van der Waals surface area contributed by atoms with Crippen molar-refractivity contribution in [3.05, 3.63) is 35.4 Å². The molecule has 4 heteroatoms. The first-order valence-electron chi connectivity index (χ1n) is 7.32. The summed E-state index contributed by atoms with van der Waals surface area (Å²) in [6, 6.07) is 8.25. The number of hydrogen-bond acceptors (Lipinski definition) is 2. The number of hydrogen-bond donors (Lipinski definition) is 2. The fraction of sp³-hybridized carbons (Fsp3) is 0.562. The molecule has 20 heavy (non-hydrogen) atoms. The molecule has 2 N–H and O–H groups in total. The molecule has 1 aromatic carbocycles. The maximum Gasteiger partial charge on any atom is 0.317 e. The molecular formula is C16H24N2O2. The number of carbonyl (C=O) groups excluding carboxylic acids is 1. The Balaban J connectivity index is 1.75. The zero-order chi connectivity index (χ0) is 14.5. The maximum absolute atomic E-state index is 12.0. The standard InChI is InChI=1S/C16H24N2O2/c1-12-4-3-5-14(10-12)6-8-17-16(20)18-9-7-13(2)15(19)11-18/h3-5,10,13,15,19H,6-9,11H2,1-2H3,(H,17,20). The fourth-order valence-electron chi connectivity index (χ4n) is 2.53. The van der Waals surface area contributed by atoms with E-state index in [0.29, 0.717) is 13.1 Å². The van der Waals surface area contributed by atoms with Gasteiger partial charge < -0.3 is 15.3 Å². The van der Waals surface area contributed by atoms with Crippen LogP contribution in [-0.4, -0.2) is 41.8 Å². The van der Waals surface area contributed by atoms with Gasteiger partial charge in [0.1, 0.15) is 0 Å². The molecule has 0 radical (unpaired) electrons. The van der Waals surface area contributed by atoms with Crippen molar-refractivity contribution < 1.29 is 9.90 Å². The lowest BCUT2D eigenvalue weighted by molar-refractivity contribution is 0.0436. The Bertz CT molecular complexity index is 462. The summed E-state index contributed by atoms with van der Waals surface area (Å²) in [6.07, 6.45) is 1.30. The number of benzene rings is 1. The van der Waals surface area contributed by atoms with E-state index >= 15 is 0 Å². The number of urea groups is 1. The van der Waals surface area contributed by atoms with Crippen molar-refractivity contribution >= 4 is 6.03 Å². The van der Waals surface area contributed by atoms with Crippen LogP contribution in [0.5, 0.6) is 0 Å². The average Bonchev–Trinajstić information content (AvgIpc) is 2.42. The number of aliphatic hydroxyl groups excluding tert-OH is 1. The van der Waals surface area contributed by atoms with Crippen LogP contribution in [0.2, 0.25) is 0 Å². The molecule has 4 nitrogen and oxygen atoms in total. The van der Waals surface area contributed by atoms with Crippen LogP contribution < -0.4 is 5.32 Å². The number of aliphatic hydroxyl groups is 1. The minimum absolute atomic E-state index is 0.0661. The Kier molecular flexibility index (Phi) is 5.01. The van der Waals surface area contributed by atoms with Crippen molar-refractivity contribution in [3.8, 4) is 0 Å². The van der Waals surface area contributed by atoms with E-state index in [9.17, 15) is 9.90 Å². The van der Waals surface area contributed by atoms with Crippen molar-refractivity contribution in [3.63, 3.8) is 0 Å². The van der Waals surface area contributed by atoms with Crippen LogP contribution >= 0.6 is 0 Å². The molecule has 0 saturated carbocycles. The summed E-state index contributed by atoms with van der Waals surface area (Å²) >= 11 is 0. The van der Waals surface area contributed by atoms with Crippen LogP contribution in [-0.2, 0) is 6.42 Å². The molecule has 2 amide bonds. The van der Waals surface area contributed by atoms with Gasteiger partial charge in [-0.15, -0.1) is 0 Å². The third-order valence-electron chi connectivity index (χ3n) is 3.98. The van der Waals surface area contributed by atoms with Crippen molar-refractivity contribution in [1.29, 1.82) is 0 Å². The molecule has 2 unspecified atom stereocenters. The first kappa shape index (κ1) is 14.9. The molecule has 1 aliphatic rings. The molecule has 1 saturated heterocycles. The van der Waals surface area contributed by atoms with Gasteiger partial charge in [-0.3, -0.25) is 0 Å². The van der Waals surface area contributed by atoms with Crippen molar-refractivity contribution in [2.45, 2.75) is 32.8 Å². The number of rotatable bonds is 3. The van der Waals surface area contributed by atoms with Gasteiger partial charge >= 0.3 is 6.03 Å². The van der Waals surface area contributed by atoms with Crippen LogP contribution in [0.3, 0.4) is 0 Å². The Morgan fingerprint density at radius 1 is 1.50 bits per heavy atom. The zero-order valence-corrected chi connectivity index (χ0v) is 12.3. The SMILES string of the molecule is Cc1cccc(CCNC(=O)N2CCC(C)C(O)C2)c1. The lowest BCUT2D eigenvalue weighted by Crippen LogP contribution is -2.49. The molecule has 1 fully saturated rings. The summed E-state index contributed by atoms with van der Waals surface area (Å²) < 4.78 is 0. The fourth-order valence-corrected chi connectivity index (χ4v) is 2.53. The molecule has 2 rings (SSSR count). The van der Waals surface area contributed by atoms with E-state index < -0.39 is 6.10 Å². The van der Waals surface area contributed by atoms with Crippen LogP contribution in [0.25, 0.3) is 0 Å². The molecule has 1 heterocycles. The second-order valence-electron chi connectivity index (χ2n) is 5.75. The van der Waals surface area contributed by atoms with Gasteiger partial charge in [-0.1, -0.05) is 36.8 Å². The lowest BCUT2D eigenvalue weighted by atomic mass is 9.96. The maximum atomic E-state index is 12.0. The van der Waals surface area contributed by atoms with Gasteiger partial charge in [0.15, 0.2) is 0 Å². The van der Waals surface area contributed by atoms with E-state index in [2.05, 4.69) is 30.4 Å². The van der Waals surface area contributed by atoms with Crippen molar-refractivity contribution in [2.24, 2.45) is 5.92 Å². The Morgan fingerprint density at radius 2 is 2.30 bits per heavy atom. The van der Waals surface area contributed by atoms with E-state index in [-0.39, 0.29) is 11.9 Å². The highest BCUT2D eigenvalue weighted by atomic mass is 16.3. The van der Waals surface area contributed by atoms with Gasteiger partial charge in [0, 0.05) is 19.6 Å². The summed E-state index contributed by atoms with van der Waals surface area (Å²) in [4.78, 5) is 13.7. The molecular weight excluding hydrogens is 252 g/mol. The first-order chi connectivity index (χ1) is 9.56. The molecule has 0 aliphatic carbocycles. The quantitative estimate of drug-likeness (QED) is 0.886. The van der Waals surface area contributed by atoms with Gasteiger partial charge in [-0.2, -0.15) is 0 Å². The smallest absolute Gasteiger partial charge is 0.317 e. The van der Waals surface area contributed by atoms with Crippen molar-refractivity contribution in [2.75, 3.05) is 19.6 Å². The lowest BCUT2D eigenvalue weighted by Gasteiger charge is -2.34. The van der Waals surface area contributed by atoms with E-state index in [0.717, 1.165) is 19.4 Å². The van der Waals surface area contributed by atoms with Crippen LogP contribution in [0, 0.1) is 12.8 Å². The minimum Gasteiger partial charge on any atom is -0.391 e. The van der Waals surface area contributed by atoms with Crippen LogP contribution in [0.15, 0.2) is 24.3 Å². The highest BCUT2D eigenvalue weighted by molar-refractivity contribution is 5.74. The number of β-amino-alcohol motifs (C(OH)–C–C–N with tert-alkyl or cyclic N) is 1. The summed E-state index contributed by atoms with van der Waals surface area (Å²) in [5, 5.41) is 12.7. The number of amides is 2. The first-order valence-corrected chi connectivity index (χ1v) is 7.32. The van der Waals surface area contributed by atoms with Gasteiger partial charge in [-0.05, 0) is 31.2 Å². The average molecular weight is 276 g/mol. The van der Waals surface area contributed by atoms with Gasteiger partial charge in [-0.25, -0.2) is 4.79 Å². The topological polar surface area (TPSA) is 52.6 Å². The number of carbonyl (C=O) groups is 1. The number of piperidine rings is 1. The van der Waals surface area contributed by atoms with Crippen LogP contribution in [0.4, 0.5) is 4.79 Å². The predicted octanol–water partition coefficient (Wildman–Crippen LogP) is 1.95. The summed E-state index contributed by atoms with van der Waals surface area (Å²) in [7, 11) is 0. The van der Waals surface area contributed by atoms with E-state index in [1.807, 2.05) is 13.0 Å². The Labute approximate surface area is 120 Å². The highest BCUT2D eigenvalue weighted by Gasteiger charge is 2.26. The summed E-state index contributed by atoms with van der Waals surface area (Å²) in [6.45, 7) is 5.90. The summed E-state index contributed by atoms with van der Waals surface area (Å²) in [5.41, 5.74) is 2.47. The number of likely N-dealkylation sites (tertiary alicyclic amines) is 1. The monoisotopic (exact) mass is 276 g/mol. The van der Waals surface area contributed by atoms with Gasteiger partial charge in [0.25, 0.3) is 0 Å². The molecule has 0 aromatic heterocycles. The molecule has 2 atom stereocenters. The molecule has 110 valence electrons. The molecule has 1 aliphatic heterocycles. The van der Waals surface area contributed by atoms with Gasteiger partial charge in [0.2, 0.25) is 0 Å². The molecule has 0 bridgehead atoms. The van der Waals surface area contributed by atoms with E-state index in [1.165, 1.54) is 11.1 Å². The number of nitrogens with one attached hydrogen (secondary N) is 1. The Hall–Kier alpha value is -1.55. The third kappa shape index (κ3) is 3.97. The minimum atomic E-state index is -0.397. The molecule has 1 aromatic rings. The second kappa shape index (κ2) is 6.75. The Morgan fingerprint density at radius 3 is 3.00 bits per heavy atom.